The number of halogens is 2. The van der Waals surface area contributed by atoms with Crippen LogP contribution in [0.1, 0.15) is 17.7 Å². The molecule has 2 aromatic carbocycles. The molecular weight excluding hydrogens is 380 g/mol. The Balaban J connectivity index is 1.77. The summed E-state index contributed by atoms with van der Waals surface area (Å²) in [5, 5.41) is 2.75. The van der Waals surface area contributed by atoms with Crippen molar-refractivity contribution in [2.75, 3.05) is 0 Å². The lowest BCUT2D eigenvalue weighted by molar-refractivity contribution is 0.146. The molecule has 138 valence electrons. The highest BCUT2D eigenvalue weighted by atomic mass is 32.1. The van der Waals surface area contributed by atoms with E-state index in [0.29, 0.717) is 31.7 Å². The van der Waals surface area contributed by atoms with Gasteiger partial charge in [0.1, 0.15) is 21.6 Å². The summed E-state index contributed by atoms with van der Waals surface area (Å²) in [4.78, 5) is 22.0. The zero-order valence-electron chi connectivity index (χ0n) is 14.7. The Morgan fingerprint density at radius 3 is 2.64 bits per heavy atom. The molecule has 0 saturated heterocycles. The number of aromatic nitrogens is 3. The van der Waals surface area contributed by atoms with Crippen molar-refractivity contribution in [2.24, 2.45) is 0 Å². The summed E-state index contributed by atoms with van der Waals surface area (Å²) in [5.41, 5.74) is 1.33. The molecular formula is C21H13F2N3OS. The van der Waals surface area contributed by atoms with Crippen LogP contribution >= 0.6 is 11.3 Å². The van der Waals surface area contributed by atoms with E-state index in [4.69, 9.17) is 0 Å². The van der Waals surface area contributed by atoms with Crippen molar-refractivity contribution < 1.29 is 8.78 Å². The third-order valence-electron chi connectivity index (χ3n) is 4.80. The monoisotopic (exact) mass is 393 g/mol. The average molecular weight is 393 g/mol. The van der Waals surface area contributed by atoms with Crippen molar-refractivity contribution in [3.63, 3.8) is 0 Å². The van der Waals surface area contributed by atoms with Crippen LogP contribution < -0.4 is 5.56 Å². The van der Waals surface area contributed by atoms with Gasteiger partial charge in [0.05, 0.1) is 11.2 Å². The Hall–Kier alpha value is -3.19. The number of pyridine rings is 1. The van der Waals surface area contributed by atoms with Crippen LogP contribution in [-0.4, -0.2) is 14.5 Å². The molecule has 0 bridgehead atoms. The van der Waals surface area contributed by atoms with Gasteiger partial charge in [-0.15, -0.1) is 11.3 Å². The third kappa shape index (κ3) is 2.51. The highest BCUT2D eigenvalue weighted by Crippen LogP contribution is 2.33. The Labute approximate surface area is 161 Å². The average Bonchev–Trinajstić information content (AvgIpc) is 3.08. The first-order chi connectivity index (χ1) is 13.5. The van der Waals surface area contributed by atoms with Crippen molar-refractivity contribution in [3.05, 3.63) is 76.5 Å². The molecule has 7 heteroatoms. The first kappa shape index (κ1) is 16.9. The van der Waals surface area contributed by atoms with Gasteiger partial charge in [-0.05, 0) is 41.5 Å². The maximum Gasteiger partial charge on any atom is 0.280 e. The van der Waals surface area contributed by atoms with E-state index >= 15 is 0 Å². The molecule has 0 fully saturated rings. The number of hydrogen-bond acceptors (Lipinski definition) is 4. The van der Waals surface area contributed by atoms with E-state index < -0.39 is 6.43 Å². The van der Waals surface area contributed by atoms with Crippen LogP contribution in [0.25, 0.3) is 36.9 Å². The summed E-state index contributed by atoms with van der Waals surface area (Å²) < 4.78 is 28.1. The van der Waals surface area contributed by atoms with Gasteiger partial charge in [-0.1, -0.05) is 30.3 Å². The summed E-state index contributed by atoms with van der Waals surface area (Å²) in [6.07, 6.45) is -1.17. The van der Waals surface area contributed by atoms with E-state index in [9.17, 15) is 13.6 Å². The van der Waals surface area contributed by atoms with Crippen molar-refractivity contribution in [3.8, 4) is 5.69 Å². The quantitative estimate of drug-likeness (QED) is 0.404. The summed E-state index contributed by atoms with van der Waals surface area (Å²) in [6, 6.07) is 15.0. The maximum absolute atomic E-state index is 13.1. The van der Waals surface area contributed by atoms with Gasteiger partial charge in [-0.3, -0.25) is 9.36 Å². The zero-order chi connectivity index (χ0) is 19.4. The number of hydrogen-bond donors (Lipinski definition) is 0. The molecule has 3 aromatic heterocycles. The van der Waals surface area contributed by atoms with Gasteiger partial charge in [-0.2, -0.15) is 0 Å². The fourth-order valence-electron chi connectivity index (χ4n) is 3.46. The second-order valence-corrected chi connectivity index (χ2v) is 7.57. The Morgan fingerprint density at radius 1 is 1.07 bits per heavy atom. The van der Waals surface area contributed by atoms with Gasteiger partial charge in [0.2, 0.25) is 0 Å². The molecule has 28 heavy (non-hydrogen) atoms. The van der Waals surface area contributed by atoms with Crippen LogP contribution in [0.15, 0.2) is 59.7 Å². The molecule has 0 N–H and O–H groups in total. The van der Waals surface area contributed by atoms with Crippen molar-refractivity contribution in [1.29, 1.82) is 0 Å². The van der Waals surface area contributed by atoms with E-state index in [2.05, 4.69) is 9.97 Å². The topological polar surface area (TPSA) is 47.8 Å². The van der Waals surface area contributed by atoms with E-state index in [1.54, 1.807) is 6.92 Å². The molecule has 0 amide bonds. The number of benzene rings is 2. The molecule has 0 aliphatic carbocycles. The van der Waals surface area contributed by atoms with Crippen LogP contribution in [0, 0.1) is 6.92 Å². The first-order valence-electron chi connectivity index (χ1n) is 8.61. The van der Waals surface area contributed by atoms with Gasteiger partial charge in [0, 0.05) is 5.39 Å². The minimum atomic E-state index is -2.66. The minimum Gasteiger partial charge on any atom is -0.267 e. The van der Waals surface area contributed by atoms with Gasteiger partial charge < -0.3 is 0 Å². The minimum absolute atomic E-state index is 0.235. The van der Waals surface area contributed by atoms with Crippen molar-refractivity contribution in [1.82, 2.24) is 14.5 Å². The summed E-state index contributed by atoms with van der Waals surface area (Å²) in [6.45, 7) is 1.73. The largest absolute Gasteiger partial charge is 0.280 e. The fraction of sp³-hybridized carbons (Fsp3) is 0.0952. The second kappa shape index (κ2) is 6.17. The smallest absolute Gasteiger partial charge is 0.267 e. The third-order valence-corrected chi connectivity index (χ3v) is 5.86. The summed E-state index contributed by atoms with van der Waals surface area (Å²) in [5.74, 6) is 0. The van der Waals surface area contributed by atoms with Crippen molar-refractivity contribution in [2.45, 2.75) is 13.3 Å². The van der Waals surface area contributed by atoms with Crippen LogP contribution in [-0.2, 0) is 0 Å². The lowest BCUT2D eigenvalue weighted by atomic mass is 10.1. The van der Waals surface area contributed by atoms with Crippen LogP contribution in [0.5, 0.6) is 0 Å². The first-order valence-corrected chi connectivity index (χ1v) is 9.43. The molecule has 5 rings (SSSR count). The lowest BCUT2D eigenvalue weighted by Crippen LogP contribution is -2.17. The maximum atomic E-state index is 13.1. The normalized spacial score (nSPS) is 11.9. The van der Waals surface area contributed by atoms with E-state index in [-0.39, 0.29) is 11.3 Å². The van der Waals surface area contributed by atoms with E-state index in [1.807, 2.05) is 42.5 Å². The number of fused-ring (bicyclic) bond motifs is 4. The number of nitrogens with zero attached hydrogens (tertiary/aromatic N) is 3. The molecule has 5 aromatic rings. The van der Waals surface area contributed by atoms with E-state index in [1.165, 1.54) is 17.0 Å². The SMILES string of the molecule is Cc1cc(C(F)F)nc2sc3c(=O)n(-c4ccc5ccccc5c4)cnc3c12. The fourth-order valence-corrected chi connectivity index (χ4v) is 4.60. The number of aryl methyl sites for hydroxylation is 1. The number of rotatable bonds is 2. The molecule has 0 aliphatic heterocycles. The molecule has 3 heterocycles. The standard InChI is InChI=1S/C21H13F2N3OS/c1-11-8-15(19(22)23)25-20-16(11)17-18(28-20)21(27)26(10-24-17)14-7-6-12-4-2-3-5-13(12)9-14/h2-10,19H,1H3. The number of alkyl halides is 2. The predicted molar refractivity (Wildman–Crippen MR) is 108 cm³/mol. The second-order valence-electron chi connectivity index (χ2n) is 6.58. The molecule has 0 spiro atoms. The number of thiophene rings is 1. The molecule has 0 unspecified atom stereocenters. The predicted octanol–water partition coefficient (Wildman–Crippen LogP) is 5.39. The van der Waals surface area contributed by atoms with Gasteiger partial charge in [-0.25, -0.2) is 18.7 Å². The summed E-state index contributed by atoms with van der Waals surface area (Å²) >= 11 is 1.11. The molecule has 0 aliphatic rings. The van der Waals surface area contributed by atoms with Crippen LogP contribution in [0.3, 0.4) is 0 Å². The highest BCUT2D eigenvalue weighted by Gasteiger charge is 2.18. The summed E-state index contributed by atoms with van der Waals surface area (Å²) in [7, 11) is 0. The molecule has 0 atom stereocenters. The lowest BCUT2D eigenvalue weighted by Gasteiger charge is -2.07. The Kier molecular flexibility index (Phi) is 3.73. The Bertz CT molecular complexity index is 1440. The Morgan fingerprint density at radius 2 is 1.86 bits per heavy atom. The van der Waals surface area contributed by atoms with Crippen LogP contribution in [0.4, 0.5) is 8.78 Å². The van der Waals surface area contributed by atoms with Crippen LogP contribution in [0.2, 0.25) is 0 Å². The highest BCUT2D eigenvalue weighted by molar-refractivity contribution is 7.25. The van der Waals surface area contributed by atoms with E-state index in [0.717, 1.165) is 22.1 Å². The zero-order valence-corrected chi connectivity index (χ0v) is 15.5. The molecule has 0 saturated carbocycles. The van der Waals surface area contributed by atoms with Gasteiger partial charge in [0.15, 0.2) is 0 Å². The molecule has 4 nitrogen and oxygen atoms in total. The van der Waals surface area contributed by atoms with Gasteiger partial charge in [0.25, 0.3) is 12.0 Å². The van der Waals surface area contributed by atoms with Crippen molar-refractivity contribution >= 4 is 42.5 Å². The molecule has 0 radical (unpaired) electrons. The van der Waals surface area contributed by atoms with Gasteiger partial charge >= 0.3 is 0 Å².